The fraction of sp³-hybridized carbons (Fsp3) is 0.412. The molecule has 6 nitrogen and oxygen atoms in total. The van der Waals surface area contributed by atoms with Crippen molar-refractivity contribution in [2.24, 2.45) is 0 Å². The highest BCUT2D eigenvalue weighted by Crippen LogP contribution is 2.41. The highest BCUT2D eigenvalue weighted by Gasteiger charge is 2.17. The molecule has 0 saturated heterocycles. The van der Waals surface area contributed by atoms with Crippen molar-refractivity contribution in [1.82, 2.24) is 0 Å². The van der Waals surface area contributed by atoms with E-state index in [4.69, 9.17) is 28.4 Å². The van der Waals surface area contributed by atoms with Crippen LogP contribution in [0.5, 0.6) is 34.5 Å². The summed E-state index contributed by atoms with van der Waals surface area (Å²) in [6.07, 6.45) is 10.3. The van der Waals surface area contributed by atoms with Gasteiger partial charge in [-0.2, -0.15) is 0 Å². The molecule has 1 heterocycles. The molecule has 0 aliphatic heterocycles. The van der Waals surface area contributed by atoms with Gasteiger partial charge in [-0.15, -0.1) is 11.3 Å². The number of methoxy groups -OCH3 is 4. The number of rotatable bonds is 14. The van der Waals surface area contributed by atoms with Crippen LogP contribution in [0.25, 0.3) is 24.3 Å². The number of hydrogen-bond donors (Lipinski definition) is 0. The standard InChI is InChI=1S/C34H44O6S/c1-11-21(3)39-33-27(35-7)17-25(18-28(33)36-8)13-15-31-23(5)24(6)32(41-31)16-14-26-19-29(37-9)34(30(20-26)38-10)40-22(4)12-2/h13-22H,11-12H2,1-10H3. The van der Waals surface area contributed by atoms with Crippen LogP contribution in [0.2, 0.25) is 0 Å². The zero-order chi connectivity index (χ0) is 30.1. The maximum Gasteiger partial charge on any atom is 0.203 e. The summed E-state index contributed by atoms with van der Waals surface area (Å²) in [6, 6.07) is 7.90. The van der Waals surface area contributed by atoms with Gasteiger partial charge in [-0.1, -0.05) is 26.0 Å². The maximum absolute atomic E-state index is 6.08. The highest BCUT2D eigenvalue weighted by molar-refractivity contribution is 7.14. The summed E-state index contributed by atoms with van der Waals surface area (Å²) < 4.78 is 34.7. The molecule has 0 fully saturated rings. The summed E-state index contributed by atoms with van der Waals surface area (Å²) in [5.74, 6) is 3.86. The van der Waals surface area contributed by atoms with E-state index in [2.05, 4.69) is 52.0 Å². The molecular formula is C34H44O6S. The molecule has 0 spiro atoms. The first-order valence-electron chi connectivity index (χ1n) is 14.0. The fourth-order valence-corrected chi connectivity index (χ4v) is 5.22. The van der Waals surface area contributed by atoms with Crippen LogP contribution in [0.15, 0.2) is 24.3 Å². The Kier molecular flexibility index (Phi) is 11.6. The van der Waals surface area contributed by atoms with Gasteiger partial charge in [-0.25, -0.2) is 0 Å². The van der Waals surface area contributed by atoms with Crippen molar-refractivity contribution < 1.29 is 28.4 Å². The summed E-state index contributed by atoms with van der Waals surface area (Å²) in [5, 5.41) is 0. The van der Waals surface area contributed by atoms with E-state index < -0.39 is 0 Å². The van der Waals surface area contributed by atoms with Crippen LogP contribution in [-0.4, -0.2) is 40.6 Å². The monoisotopic (exact) mass is 580 g/mol. The number of benzene rings is 2. The third-order valence-corrected chi connectivity index (χ3v) is 8.45. The van der Waals surface area contributed by atoms with Crippen LogP contribution in [0.4, 0.5) is 0 Å². The molecule has 0 saturated carbocycles. The lowest BCUT2D eigenvalue weighted by Gasteiger charge is -2.18. The number of hydrogen-bond acceptors (Lipinski definition) is 7. The van der Waals surface area contributed by atoms with Gasteiger partial charge in [0.05, 0.1) is 40.6 Å². The first kappa shape index (κ1) is 31.9. The Hall–Kier alpha value is -3.58. The minimum absolute atomic E-state index is 0.0561. The van der Waals surface area contributed by atoms with Crippen molar-refractivity contribution in [2.45, 2.75) is 66.6 Å². The van der Waals surface area contributed by atoms with Crippen LogP contribution in [-0.2, 0) is 0 Å². The van der Waals surface area contributed by atoms with Gasteiger partial charge in [0, 0.05) is 9.75 Å². The average molecular weight is 581 g/mol. The van der Waals surface area contributed by atoms with Crippen molar-refractivity contribution in [2.75, 3.05) is 28.4 Å². The molecule has 0 radical (unpaired) electrons. The molecule has 3 rings (SSSR count). The molecule has 0 aliphatic rings. The molecule has 7 heteroatoms. The van der Waals surface area contributed by atoms with Gasteiger partial charge in [0.15, 0.2) is 23.0 Å². The molecule has 3 aromatic rings. The quantitative estimate of drug-likeness (QED) is 0.190. The molecule has 0 aliphatic carbocycles. The second-order valence-electron chi connectivity index (χ2n) is 9.93. The minimum Gasteiger partial charge on any atom is -0.493 e. The predicted molar refractivity (Wildman–Crippen MR) is 172 cm³/mol. The van der Waals surface area contributed by atoms with Gasteiger partial charge in [0.1, 0.15) is 0 Å². The van der Waals surface area contributed by atoms with Gasteiger partial charge in [0.2, 0.25) is 11.5 Å². The van der Waals surface area contributed by atoms with Crippen molar-refractivity contribution >= 4 is 35.6 Å². The van der Waals surface area contributed by atoms with Crippen molar-refractivity contribution in [3.05, 3.63) is 56.3 Å². The predicted octanol–water partition coefficient (Wildman–Crippen LogP) is 9.09. The SMILES string of the molecule is CCC(C)Oc1c(OC)cc(C=Cc2sc(C=Cc3cc(OC)c(OC(C)CC)c(OC)c3)c(C)c2C)cc1OC. The van der Waals surface area contributed by atoms with Crippen LogP contribution < -0.4 is 28.4 Å². The van der Waals surface area contributed by atoms with E-state index in [1.807, 2.05) is 38.1 Å². The van der Waals surface area contributed by atoms with E-state index in [0.717, 1.165) is 24.0 Å². The largest absolute Gasteiger partial charge is 0.493 e. The Labute approximate surface area is 249 Å². The summed E-state index contributed by atoms with van der Waals surface area (Å²) in [5.41, 5.74) is 4.43. The summed E-state index contributed by atoms with van der Waals surface area (Å²) in [7, 11) is 6.59. The van der Waals surface area contributed by atoms with Gasteiger partial charge in [-0.3, -0.25) is 0 Å². The summed E-state index contributed by atoms with van der Waals surface area (Å²) in [6.45, 7) is 12.5. The van der Waals surface area contributed by atoms with E-state index in [9.17, 15) is 0 Å². The Morgan fingerprint density at radius 2 is 0.902 bits per heavy atom. The van der Waals surface area contributed by atoms with Gasteiger partial charge >= 0.3 is 0 Å². The molecule has 2 unspecified atom stereocenters. The fourth-order valence-electron chi connectivity index (χ4n) is 4.10. The minimum atomic E-state index is 0.0561. The topological polar surface area (TPSA) is 55.4 Å². The van der Waals surface area contributed by atoms with Crippen molar-refractivity contribution in [3.8, 4) is 34.5 Å². The molecule has 0 amide bonds. The first-order valence-corrected chi connectivity index (χ1v) is 14.8. The van der Waals surface area contributed by atoms with Crippen LogP contribution in [0, 0.1) is 13.8 Å². The van der Waals surface area contributed by atoms with Crippen LogP contribution in [0.1, 0.15) is 72.5 Å². The van der Waals surface area contributed by atoms with E-state index in [-0.39, 0.29) is 12.2 Å². The number of ether oxygens (including phenoxy) is 6. The summed E-state index contributed by atoms with van der Waals surface area (Å²) >= 11 is 1.75. The molecular weight excluding hydrogens is 536 g/mol. The Balaban J connectivity index is 1.90. The second kappa shape index (κ2) is 14.9. The van der Waals surface area contributed by atoms with Gasteiger partial charge in [0.25, 0.3) is 0 Å². The smallest absolute Gasteiger partial charge is 0.203 e. The molecule has 2 atom stereocenters. The Morgan fingerprint density at radius 3 is 1.17 bits per heavy atom. The lowest BCUT2D eigenvalue weighted by Crippen LogP contribution is -2.11. The van der Waals surface area contributed by atoms with Crippen LogP contribution >= 0.6 is 11.3 Å². The van der Waals surface area contributed by atoms with Gasteiger partial charge in [-0.05, 0) is 99.2 Å². The highest BCUT2D eigenvalue weighted by atomic mass is 32.1. The Bertz CT molecular complexity index is 1220. The molecule has 0 bridgehead atoms. The van der Waals surface area contributed by atoms with Gasteiger partial charge < -0.3 is 28.4 Å². The van der Waals surface area contributed by atoms with Crippen molar-refractivity contribution in [1.29, 1.82) is 0 Å². The summed E-state index contributed by atoms with van der Waals surface area (Å²) in [4.78, 5) is 2.37. The third kappa shape index (κ3) is 7.79. The van der Waals surface area contributed by atoms with E-state index >= 15 is 0 Å². The normalized spacial score (nSPS) is 12.9. The van der Waals surface area contributed by atoms with E-state index in [1.54, 1.807) is 39.8 Å². The van der Waals surface area contributed by atoms with Crippen LogP contribution in [0.3, 0.4) is 0 Å². The first-order chi connectivity index (χ1) is 19.7. The molecule has 0 N–H and O–H groups in total. The molecule has 222 valence electrons. The Morgan fingerprint density at radius 1 is 0.585 bits per heavy atom. The zero-order valence-electron chi connectivity index (χ0n) is 26.0. The zero-order valence-corrected chi connectivity index (χ0v) is 26.9. The van der Waals surface area contributed by atoms with E-state index in [1.165, 1.54) is 20.9 Å². The van der Waals surface area contributed by atoms with Crippen molar-refractivity contribution in [3.63, 3.8) is 0 Å². The molecule has 41 heavy (non-hydrogen) atoms. The average Bonchev–Trinajstić information content (AvgIpc) is 3.26. The van der Waals surface area contributed by atoms with E-state index in [0.29, 0.717) is 34.5 Å². The second-order valence-corrected chi connectivity index (χ2v) is 11.0. The number of thiophene rings is 1. The molecule has 2 aromatic carbocycles. The lowest BCUT2D eigenvalue weighted by atomic mass is 10.1. The lowest BCUT2D eigenvalue weighted by molar-refractivity contribution is 0.198. The third-order valence-electron chi connectivity index (χ3n) is 7.13. The molecule has 1 aromatic heterocycles. The maximum atomic E-state index is 6.08.